The maximum atomic E-state index is 11.9. The summed E-state index contributed by atoms with van der Waals surface area (Å²) in [5, 5.41) is 11.9. The standard InChI is InChI=1S/C17H19NO3/c1-12-3-7-15(8-4-12)21-11-17(20)18-16-9-14(10-19)6-5-13(16)2/h3-9,19H,10-11H2,1-2H3,(H,18,20). The lowest BCUT2D eigenvalue weighted by atomic mass is 10.1. The van der Waals surface area contributed by atoms with Crippen LogP contribution in [-0.2, 0) is 11.4 Å². The van der Waals surface area contributed by atoms with Crippen LogP contribution in [0.1, 0.15) is 16.7 Å². The third kappa shape index (κ3) is 4.33. The molecular formula is C17H19NO3. The molecule has 0 atom stereocenters. The van der Waals surface area contributed by atoms with E-state index < -0.39 is 0 Å². The molecule has 0 aromatic heterocycles. The molecule has 2 aromatic carbocycles. The predicted molar refractivity (Wildman–Crippen MR) is 82.4 cm³/mol. The van der Waals surface area contributed by atoms with Crippen LogP contribution in [0.5, 0.6) is 5.75 Å². The van der Waals surface area contributed by atoms with E-state index in [1.54, 1.807) is 6.07 Å². The lowest BCUT2D eigenvalue weighted by Gasteiger charge is -2.11. The Kier molecular flexibility index (Phi) is 4.95. The van der Waals surface area contributed by atoms with Crippen molar-refractivity contribution < 1.29 is 14.6 Å². The molecule has 0 fully saturated rings. The summed E-state index contributed by atoms with van der Waals surface area (Å²) in [4.78, 5) is 11.9. The fourth-order valence-corrected chi connectivity index (χ4v) is 1.87. The summed E-state index contributed by atoms with van der Waals surface area (Å²) in [7, 11) is 0. The minimum absolute atomic E-state index is 0.0497. The van der Waals surface area contributed by atoms with E-state index in [-0.39, 0.29) is 19.1 Å². The van der Waals surface area contributed by atoms with Crippen LogP contribution in [0.25, 0.3) is 0 Å². The Hall–Kier alpha value is -2.33. The first-order valence-electron chi connectivity index (χ1n) is 6.78. The fourth-order valence-electron chi connectivity index (χ4n) is 1.87. The second-order valence-corrected chi connectivity index (χ2v) is 4.96. The van der Waals surface area contributed by atoms with Crippen molar-refractivity contribution in [3.05, 3.63) is 59.2 Å². The van der Waals surface area contributed by atoms with Gasteiger partial charge in [-0.05, 0) is 43.2 Å². The highest BCUT2D eigenvalue weighted by Gasteiger charge is 2.06. The van der Waals surface area contributed by atoms with Gasteiger partial charge in [-0.2, -0.15) is 0 Å². The molecule has 0 spiro atoms. The zero-order valence-corrected chi connectivity index (χ0v) is 12.2. The number of carbonyl (C=O) groups is 1. The van der Waals surface area contributed by atoms with Gasteiger partial charge in [0.2, 0.25) is 0 Å². The van der Waals surface area contributed by atoms with Gasteiger partial charge in [0.1, 0.15) is 5.75 Å². The van der Waals surface area contributed by atoms with Gasteiger partial charge in [-0.1, -0.05) is 29.8 Å². The molecule has 2 aromatic rings. The molecule has 4 heteroatoms. The Labute approximate surface area is 124 Å². The average molecular weight is 285 g/mol. The van der Waals surface area contributed by atoms with Gasteiger partial charge in [0.05, 0.1) is 6.61 Å². The molecule has 2 rings (SSSR count). The predicted octanol–water partition coefficient (Wildman–Crippen LogP) is 2.81. The number of anilines is 1. The Bertz CT molecular complexity index is 620. The van der Waals surface area contributed by atoms with Crippen molar-refractivity contribution >= 4 is 11.6 Å². The third-order valence-corrected chi connectivity index (χ3v) is 3.15. The molecule has 0 aliphatic rings. The van der Waals surface area contributed by atoms with Gasteiger partial charge in [0.25, 0.3) is 5.91 Å². The highest BCUT2D eigenvalue weighted by atomic mass is 16.5. The number of hydrogen-bond acceptors (Lipinski definition) is 3. The number of hydrogen-bond donors (Lipinski definition) is 2. The molecule has 0 heterocycles. The smallest absolute Gasteiger partial charge is 0.262 e. The van der Waals surface area contributed by atoms with Gasteiger partial charge in [-0.15, -0.1) is 0 Å². The van der Waals surface area contributed by atoms with Crippen LogP contribution in [-0.4, -0.2) is 17.6 Å². The Morgan fingerprint density at radius 1 is 1.14 bits per heavy atom. The van der Waals surface area contributed by atoms with E-state index in [1.165, 1.54) is 0 Å². The number of benzene rings is 2. The highest BCUT2D eigenvalue weighted by molar-refractivity contribution is 5.92. The van der Waals surface area contributed by atoms with Crippen molar-refractivity contribution in [2.24, 2.45) is 0 Å². The summed E-state index contributed by atoms with van der Waals surface area (Å²) >= 11 is 0. The van der Waals surface area contributed by atoms with Crippen LogP contribution in [0.4, 0.5) is 5.69 Å². The molecule has 0 aliphatic carbocycles. The quantitative estimate of drug-likeness (QED) is 0.888. The topological polar surface area (TPSA) is 58.6 Å². The van der Waals surface area contributed by atoms with Crippen molar-refractivity contribution in [3.8, 4) is 5.75 Å². The number of ether oxygens (including phenoxy) is 1. The normalized spacial score (nSPS) is 10.2. The molecular weight excluding hydrogens is 266 g/mol. The Balaban J connectivity index is 1.94. The van der Waals surface area contributed by atoms with E-state index >= 15 is 0 Å². The lowest BCUT2D eigenvalue weighted by molar-refractivity contribution is -0.118. The number of aliphatic hydroxyl groups is 1. The molecule has 0 saturated carbocycles. The maximum Gasteiger partial charge on any atom is 0.262 e. The van der Waals surface area contributed by atoms with Crippen LogP contribution in [0, 0.1) is 13.8 Å². The number of nitrogens with one attached hydrogen (secondary N) is 1. The molecule has 0 radical (unpaired) electrons. The maximum absolute atomic E-state index is 11.9. The van der Waals surface area contributed by atoms with Crippen molar-refractivity contribution in [1.29, 1.82) is 0 Å². The van der Waals surface area contributed by atoms with E-state index in [2.05, 4.69) is 5.32 Å². The van der Waals surface area contributed by atoms with E-state index in [9.17, 15) is 4.79 Å². The second-order valence-electron chi connectivity index (χ2n) is 4.96. The molecule has 0 saturated heterocycles. The van der Waals surface area contributed by atoms with Crippen molar-refractivity contribution in [2.45, 2.75) is 20.5 Å². The SMILES string of the molecule is Cc1ccc(OCC(=O)Nc2cc(CO)ccc2C)cc1. The molecule has 21 heavy (non-hydrogen) atoms. The van der Waals surface area contributed by atoms with Crippen LogP contribution < -0.4 is 10.1 Å². The Morgan fingerprint density at radius 3 is 2.52 bits per heavy atom. The van der Waals surface area contributed by atoms with Crippen LogP contribution in [0.2, 0.25) is 0 Å². The molecule has 110 valence electrons. The fraction of sp³-hybridized carbons (Fsp3) is 0.235. The Morgan fingerprint density at radius 2 is 1.86 bits per heavy atom. The third-order valence-electron chi connectivity index (χ3n) is 3.15. The van der Waals surface area contributed by atoms with Crippen LogP contribution in [0.15, 0.2) is 42.5 Å². The zero-order valence-electron chi connectivity index (χ0n) is 12.2. The van der Waals surface area contributed by atoms with E-state index in [1.807, 2.05) is 50.2 Å². The first-order valence-corrected chi connectivity index (χ1v) is 6.78. The summed E-state index contributed by atoms with van der Waals surface area (Å²) in [6.07, 6.45) is 0. The minimum Gasteiger partial charge on any atom is -0.484 e. The molecule has 1 amide bonds. The summed E-state index contributed by atoms with van der Waals surface area (Å²) < 4.78 is 5.43. The summed E-state index contributed by atoms with van der Waals surface area (Å²) in [6.45, 7) is 3.79. The van der Waals surface area contributed by atoms with Gasteiger partial charge >= 0.3 is 0 Å². The van der Waals surface area contributed by atoms with Gasteiger partial charge in [-0.25, -0.2) is 0 Å². The van der Waals surface area contributed by atoms with Gasteiger partial charge < -0.3 is 15.2 Å². The van der Waals surface area contributed by atoms with E-state index in [0.717, 1.165) is 16.7 Å². The van der Waals surface area contributed by atoms with Crippen molar-refractivity contribution in [1.82, 2.24) is 0 Å². The monoisotopic (exact) mass is 285 g/mol. The van der Waals surface area contributed by atoms with Gasteiger partial charge in [0, 0.05) is 5.69 Å². The van der Waals surface area contributed by atoms with E-state index in [0.29, 0.717) is 11.4 Å². The van der Waals surface area contributed by atoms with E-state index in [4.69, 9.17) is 9.84 Å². The number of rotatable bonds is 5. The molecule has 0 bridgehead atoms. The molecule has 2 N–H and O–H groups in total. The number of carbonyl (C=O) groups excluding carboxylic acids is 1. The first-order chi connectivity index (χ1) is 10.1. The van der Waals surface area contributed by atoms with Crippen molar-refractivity contribution in [3.63, 3.8) is 0 Å². The number of aryl methyl sites for hydroxylation is 2. The zero-order chi connectivity index (χ0) is 15.2. The lowest BCUT2D eigenvalue weighted by Crippen LogP contribution is -2.20. The highest BCUT2D eigenvalue weighted by Crippen LogP contribution is 2.17. The second kappa shape index (κ2) is 6.90. The molecule has 4 nitrogen and oxygen atoms in total. The number of amides is 1. The summed E-state index contributed by atoms with van der Waals surface area (Å²) in [6, 6.07) is 13.0. The molecule has 0 unspecified atom stereocenters. The summed E-state index contributed by atoms with van der Waals surface area (Å²) in [5.41, 5.74) is 3.54. The van der Waals surface area contributed by atoms with Crippen LogP contribution >= 0.6 is 0 Å². The molecule has 0 aliphatic heterocycles. The van der Waals surface area contributed by atoms with Gasteiger partial charge in [-0.3, -0.25) is 4.79 Å². The van der Waals surface area contributed by atoms with Crippen LogP contribution in [0.3, 0.4) is 0 Å². The summed E-state index contributed by atoms with van der Waals surface area (Å²) in [5.74, 6) is 0.436. The minimum atomic E-state index is -0.228. The number of aliphatic hydroxyl groups excluding tert-OH is 1. The van der Waals surface area contributed by atoms with Crippen molar-refractivity contribution in [2.75, 3.05) is 11.9 Å². The first kappa shape index (κ1) is 15.1. The largest absolute Gasteiger partial charge is 0.484 e. The average Bonchev–Trinajstić information content (AvgIpc) is 2.49. The van der Waals surface area contributed by atoms with Gasteiger partial charge in [0.15, 0.2) is 6.61 Å².